The first-order valence-corrected chi connectivity index (χ1v) is 5.00. The topological polar surface area (TPSA) is 23.8 Å². The molecule has 1 rings (SSSR count). The highest BCUT2D eigenvalue weighted by Gasteiger charge is 2.12. The van der Waals surface area contributed by atoms with Crippen LogP contribution in [0.1, 0.15) is 38.3 Å². The lowest BCUT2D eigenvalue weighted by Gasteiger charge is -2.18. The van der Waals surface area contributed by atoms with E-state index < -0.39 is 0 Å². The van der Waals surface area contributed by atoms with Crippen LogP contribution < -0.4 is 0 Å². The van der Waals surface area contributed by atoms with E-state index in [-0.39, 0.29) is 5.41 Å². The predicted octanol–water partition coefficient (Wildman–Crippen LogP) is 3.44. The summed E-state index contributed by atoms with van der Waals surface area (Å²) in [5.74, 6) is 0. The van der Waals surface area contributed by atoms with Gasteiger partial charge in [0.1, 0.15) is 0 Å². The summed E-state index contributed by atoms with van der Waals surface area (Å²) in [5, 5.41) is 8.46. The quantitative estimate of drug-likeness (QED) is 0.695. The molecule has 0 fully saturated rings. The molecule has 0 bridgehead atoms. The number of hydrogen-bond donors (Lipinski definition) is 0. The second-order valence-electron chi connectivity index (χ2n) is 4.61. The van der Waals surface area contributed by atoms with Crippen molar-refractivity contribution >= 4 is 0 Å². The highest BCUT2D eigenvalue weighted by Crippen LogP contribution is 2.22. The minimum absolute atomic E-state index is 0.216. The summed E-state index contributed by atoms with van der Waals surface area (Å²) >= 11 is 0. The van der Waals surface area contributed by atoms with E-state index in [1.807, 2.05) is 0 Å². The monoisotopic (exact) mass is 187 g/mol. The zero-order valence-corrected chi connectivity index (χ0v) is 9.17. The Labute approximate surface area is 86.4 Å². The van der Waals surface area contributed by atoms with Crippen molar-refractivity contribution in [1.29, 1.82) is 5.26 Å². The molecule has 0 spiro atoms. The first-order chi connectivity index (χ1) is 6.54. The second kappa shape index (κ2) is 4.28. The molecule has 1 nitrogen and oxygen atoms in total. The Morgan fingerprint density at radius 3 is 2.14 bits per heavy atom. The molecule has 1 aromatic rings. The first kappa shape index (κ1) is 10.8. The maximum atomic E-state index is 8.46. The Balaban J connectivity index is 2.75. The Morgan fingerprint density at radius 1 is 1.14 bits per heavy atom. The van der Waals surface area contributed by atoms with Crippen LogP contribution in [0.15, 0.2) is 24.3 Å². The number of nitriles is 1. The molecule has 0 amide bonds. The van der Waals surface area contributed by atoms with Crippen molar-refractivity contribution in [1.82, 2.24) is 0 Å². The van der Waals surface area contributed by atoms with Crippen molar-refractivity contribution in [2.24, 2.45) is 0 Å². The molecule has 1 aromatic carbocycles. The van der Waals surface area contributed by atoms with E-state index in [9.17, 15) is 0 Å². The number of nitrogens with zero attached hydrogens (tertiary/aromatic N) is 1. The van der Waals surface area contributed by atoms with Gasteiger partial charge in [-0.15, -0.1) is 0 Å². The van der Waals surface area contributed by atoms with Crippen LogP contribution in [0.2, 0.25) is 0 Å². The third-order valence-corrected chi connectivity index (χ3v) is 2.35. The Kier molecular flexibility index (Phi) is 3.30. The number of rotatable bonds is 2. The molecule has 0 aliphatic rings. The minimum atomic E-state index is 0.216. The molecule has 0 N–H and O–H groups in total. The largest absolute Gasteiger partial charge is 0.198 e. The van der Waals surface area contributed by atoms with Gasteiger partial charge in [-0.3, -0.25) is 0 Å². The van der Waals surface area contributed by atoms with E-state index >= 15 is 0 Å². The van der Waals surface area contributed by atoms with Crippen molar-refractivity contribution in [3.63, 3.8) is 0 Å². The van der Waals surface area contributed by atoms with Gasteiger partial charge in [0.15, 0.2) is 0 Å². The van der Waals surface area contributed by atoms with Gasteiger partial charge in [0, 0.05) is 6.42 Å². The van der Waals surface area contributed by atoms with Crippen molar-refractivity contribution < 1.29 is 0 Å². The summed E-state index contributed by atoms with van der Waals surface area (Å²) in [5.41, 5.74) is 2.81. The van der Waals surface area contributed by atoms with Crippen LogP contribution in [0.25, 0.3) is 0 Å². The molecule has 0 aliphatic heterocycles. The van der Waals surface area contributed by atoms with Crippen LogP contribution >= 0.6 is 0 Å². The lowest BCUT2D eigenvalue weighted by molar-refractivity contribution is 0.590. The first-order valence-electron chi connectivity index (χ1n) is 5.00. The van der Waals surface area contributed by atoms with Crippen LogP contribution in [-0.2, 0) is 11.8 Å². The predicted molar refractivity (Wildman–Crippen MR) is 59.1 cm³/mol. The molecular weight excluding hydrogens is 170 g/mol. The van der Waals surface area contributed by atoms with Crippen molar-refractivity contribution in [2.75, 3.05) is 0 Å². The smallest absolute Gasteiger partial charge is 0.0625 e. The lowest BCUT2D eigenvalue weighted by atomic mass is 9.86. The molecule has 0 unspecified atom stereocenters. The van der Waals surface area contributed by atoms with E-state index in [0.29, 0.717) is 6.42 Å². The molecule has 14 heavy (non-hydrogen) atoms. The van der Waals surface area contributed by atoms with Crippen LogP contribution in [0.4, 0.5) is 0 Å². The van der Waals surface area contributed by atoms with Gasteiger partial charge in [-0.05, 0) is 23.0 Å². The molecule has 0 atom stereocenters. The number of benzene rings is 1. The molecule has 0 heterocycles. The zero-order chi connectivity index (χ0) is 10.6. The SMILES string of the molecule is CC(C)(C)c1ccc(CCC#N)cc1. The molecule has 0 aliphatic carbocycles. The highest BCUT2D eigenvalue weighted by atomic mass is 14.2. The second-order valence-corrected chi connectivity index (χ2v) is 4.61. The van der Waals surface area contributed by atoms with Crippen molar-refractivity contribution in [2.45, 2.75) is 39.0 Å². The fourth-order valence-electron chi connectivity index (χ4n) is 1.37. The van der Waals surface area contributed by atoms with Crippen LogP contribution in [0.5, 0.6) is 0 Å². The van der Waals surface area contributed by atoms with Crippen LogP contribution in [0, 0.1) is 11.3 Å². The van der Waals surface area contributed by atoms with E-state index in [0.717, 1.165) is 6.42 Å². The average molecular weight is 187 g/mol. The van der Waals surface area contributed by atoms with Crippen molar-refractivity contribution in [3.05, 3.63) is 35.4 Å². The molecule has 0 aromatic heterocycles. The summed E-state index contributed by atoms with van der Waals surface area (Å²) < 4.78 is 0. The van der Waals surface area contributed by atoms with Gasteiger partial charge in [0.25, 0.3) is 0 Å². The molecule has 0 radical (unpaired) electrons. The standard InChI is InChI=1S/C13H17N/c1-13(2,3)12-8-6-11(7-9-12)5-4-10-14/h6-9H,4-5H2,1-3H3. The number of aryl methyl sites for hydroxylation is 1. The van der Waals surface area contributed by atoms with Crippen LogP contribution in [0.3, 0.4) is 0 Å². The Bertz CT molecular complexity index is 322. The third-order valence-electron chi connectivity index (χ3n) is 2.35. The molecule has 1 heteroatoms. The molecule has 0 saturated carbocycles. The van der Waals surface area contributed by atoms with E-state index in [1.54, 1.807) is 0 Å². The summed E-state index contributed by atoms with van der Waals surface area (Å²) in [6.45, 7) is 6.62. The summed E-state index contributed by atoms with van der Waals surface area (Å²) in [4.78, 5) is 0. The third kappa shape index (κ3) is 2.88. The fourth-order valence-corrected chi connectivity index (χ4v) is 1.37. The van der Waals surface area contributed by atoms with Gasteiger partial charge in [-0.1, -0.05) is 45.0 Å². The van der Waals surface area contributed by atoms with Gasteiger partial charge in [0.05, 0.1) is 6.07 Å². The van der Waals surface area contributed by atoms with Gasteiger partial charge in [0.2, 0.25) is 0 Å². The molecular formula is C13H17N. The lowest BCUT2D eigenvalue weighted by Crippen LogP contribution is -2.10. The van der Waals surface area contributed by atoms with E-state index in [1.165, 1.54) is 11.1 Å². The minimum Gasteiger partial charge on any atom is -0.198 e. The molecule has 74 valence electrons. The maximum Gasteiger partial charge on any atom is 0.0625 e. The maximum absolute atomic E-state index is 8.46. The van der Waals surface area contributed by atoms with Gasteiger partial charge < -0.3 is 0 Å². The Hall–Kier alpha value is -1.29. The van der Waals surface area contributed by atoms with Crippen molar-refractivity contribution in [3.8, 4) is 6.07 Å². The highest BCUT2D eigenvalue weighted by molar-refractivity contribution is 5.27. The fraction of sp³-hybridized carbons (Fsp3) is 0.462. The Morgan fingerprint density at radius 2 is 1.71 bits per heavy atom. The summed E-state index contributed by atoms with van der Waals surface area (Å²) in [7, 11) is 0. The van der Waals surface area contributed by atoms with E-state index in [4.69, 9.17) is 5.26 Å². The molecule has 0 saturated heterocycles. The normalized spacial score (nSPS) is 11.0. The summed E-state index contributed by atoms with van der Waals surface area (Å²) in [6.07, 6.45) is 1.47. The van der Waals surface area contributed by atoms with Crippen LogP contribution in [-0.4, -0.2) is 0 Å². The number of hydrogen-bond acceptors (Lipinski definition) is 1. The zero-order valence-electron chi connectivity index (χ0n) is 9.17. The average Bonchev–Trinajstić information content (AvgIpc) is 2.14. The van der Waals surface area contributed by atoms with E-state index in [2.05, 4.69) is 51.1 Å². The van der Waals surface area contributed by atoms with Gasteiger partial charge in [-0.25, -0.2) is 0 Å². The van der Waals surface area contributed by atoms with Gasteiger partial charge >= 0.3 is 0 Å². The van der Waals surface area contributed by atoms with Gasteiger partial charge in [-0.2, -0.15) is 5.26 Å². The summed E-state index contributed by atoms with van der Waals surface area (Å²) in [6, 6.07) is 10.7.